The molecule has 2 heterocycles. The van der Waals surface area contributed by atoms with Gasteiger partial charge in [0.25, 0.3) is 0 Å². The summed E-state index contributed by atoms with van der Waals surface area (Å²) in [6.07, 6.45) is 2.19. The van der Waals surface area contributed by atoms with E-state index in [0.29, 0.717) is 13.1 Å². The number of methoxy groups -OCH3 is 1. The van der Waals surface area contributed by atoms with Crippen LogP contribution in [-0.2, 0) is 26.3 Å². The van der Waals surface area contributed by atoms with Gasteiger partial charge in [-0.2, -0.15) is 0 Å². The summed E-state index contributed by atoms with van der Waals surface area (Å²) in [6.45, 7) is 0.977. The Morgan fingerprint density at radius 3 is 2.05 bits per heavy atom. The van der Waals surface area contributed by atoms with Crippen LogP contribution in [-0.4, -0.2) is 36.5 Å². The lowest BCUT2D eigenvalue weighted by molar-refractivity contribution is -0.149. The fourth-order valence-corrected chi connectivity index (χ4v) is 6.30. The van der Waals surface area contributed by atoms with Gasteiger partial charge in [0.15, 0.2) is 0 Å². The minimum Gasteiger partial charge on any atom is -0.469 e. The lowest BCUT2D eigenvalue weighted by Gasteiger charge is -2.34. The average Bonchev–Trinajstić information content (AvgIpc) is 3.47. The van der Waals surface area contributed by atoms with Gasteiger partial charge in [-0.1, -0.05) is 115 Å². The van der Waals surface area contributed by atoms with Crippen LogP contribution in [0.15, 0.2) is 121 Å². The first-order valence-corrected chi connectivity index (χ1v) is 13.2. The molecule has 6 rings (SSSR count). The number of nitrogens with one attached hydrogen (secondary N) is 1. The molecule has 4 aromatic carbocycles. The highest BCUT2D eigenvalue weighted by molar-refractivity contribution is 6.10. The largest absolute Gasteiger partial charge is 0.469 e. The Balaban J connectivity index is 1.61. The molecule has 0 saturated carbocycles. The number of nitrogens with zero attached hydrogens (tertiary/aromatic N) is 1. The van der Waals surface area contributed by atoms with Crippen molar-refractivity contribution < 1.29 is 14.3 Å². The molecular weight excluding hydrogens is 484 g/mol. The number of para-hydroxylation sites is 1. The molecule has 1 N–H and O–H groups in total. The normalized spacial score (nSPS) is 21.8. The Morgan fingerprint density at radius 1 is 0.872 bits per heavy atom. The van der Waals surface area contributed by atoms with Crippen LogP contribution in [0.3, 0.4) is 0 Å². The summed E-state index contributed by atoms with van der Waals surface area (Å²) in [5, 5.41) is 3.10. The molecule has 3 atom stereocenters. The highest BCUT2D eigenvalue weighted by atomic mass is 16.5. The van der Waals surface area contributed by atoms with Gasteiger partial charge in [0.1, 0.15) is 5.41 Å². The zero-order chi connectivity index (χ0) is 26.8. The monoisotopic (exact) mass is 514 g/mol. The molecule has 39 heavy (non-hydrogen) atoms. The van der Waals surface area contributed by atoms with E-state index in [9.17, 15) is 9.59 Å². The maximum atomic E-state index is 14.2. The van der Waals surface area contributed by atoms with Crippen molar-refractivity contribution in [2.75, 3.05) is 19.0 Å². The number of hydrogen-bond acceptors (Lipinski definition) is 4. The number of esters is 1. The quantitative estimate of drug-likeness (QED) is 0.336. The Hall–Kier alpha value is -4.48. The van der Waals surface area contributed by atoms with Crippen LogP contribution in [0.1, 0.15) is 22.3 Å². The third-order valence-electron chi connectivity index (χ3n) is 8.03. The number of carbonyl (C=O) groups excluding carboxylic acids is 2. The standard InChI is InChI=1S/C34H30N2O3/c1-39-32(37)29-23-36(22-24-13-5-2-6-14-24)31(34(29)28-19-11-12-20-30(28)35-33(34)38)21-27(25-15-7-3-8-16-25)26-17-9-4-10-18-26/h2-21,29,31H,22-23H2,1H3,(H,35,38)/t29-,31+,34-/m0/s1. The van der Waals surface area contributed by atoms with Crippen LogP contribution in [0.25, 0.3) is 5.57 Å². The molecule has 5 heteroatoms. The minimum absolute atomic E-state index is 0.170. The van der Waals surface area contributed by atoms with E-state index in [1.807, 2.05) is 78.9 Å². The third kappa shape index (κ3) is 4.25. The van der Waals surface area contributed by atoms with Crippen LogP contribution >= 0.6 is 0 Å². The number of carbonyl (C=O) groups is 2. The van der Waals surface area contributed by atoms with Crippen LogP contribution < -0.4 is 5.32 Å². The number of amides is 1. The molecule has 1 saturated heterocycles. The van der Waals surface area contributed by atoms with Gasteiger partial charge in [-0.3, -0.25) is 14.5 Å². The van der Waals surface area contributed by atoms with Gasteiger partial charge in [0, 0.05) is 24.8 Å². The molecule has 0 aromatic heterocycles. The van der Waals surface area contributed by atoms with Gasteiger partial charge in [-0.25, -0.2) is 0 Å². The van der Waals surface area contributed by atoms with Gasteiger partial charge < -0.3 is 10.1 Å². The zero-order valence-electron chi connectivity index (χ0n) is 21.8. The van der Waals surface area contributed by atoms with E-state index >= 15 is 0 Å². The second kappa shape index (κ2) is 10.4. The molecule has 0 aliphatic carbocycles. The predicted octanol–water partition coefficient (Wildman–Crippen LogP) is 5.68. The number of rotatable bonds is 6. The number of anilines is 1. The molecular formula is C34H30N2O3. The van der Waals surface area contributed by atoms with Crippen molar-refractivity contribution in [1.29, 1.82) is 0 Å². The SMILES string of the molecule is COC(=O)[C@@H]1CN(Cc2ccccc2)[C@H](C=C(c2ccccc2)c2ccccc2)[C@@]12C(=O)Nc1ccccc12. The van der Waals surface area contributed by atoms with Crippen molar-refractivity contribution in [1.82, 2.24) is 4.90 Å². The Bertz CT molecular complexity index is 1480. The van der Waals surface area contributed by atoms with E-state index in [4.69, 9.17) is 4.74 Å². The summed E-state index contributed by atoms with van der Waals surface area (Å²) in [4.78, 5) is 29.9. The number of benzene rings is 4. The van der Waals surface area contributed by atoms with Gasteiger partial charge in [0.2, 0.25) is 5.91 Å². The number of likely N-dealkylation sites (tertiary alicyclic amines) is 1. The predicted molar refractivity (Wildman–Crippen MR) is 153 cm³/mol. The van der Waals surface area contributed by atoms with E-state index in [2.05, 4.69) is 52.7 Å². The van der Waals surface area contributed by atoms with Crippen molar-refractivity contribution in [2.45, 2.75) is 18.0 Å². The molecule has 194 valence electrons. The van der Waals surface area contributed by atoms with Crippen LogP contribution in [0.5, 0.6) is 0 Å². The smallest absolute Gasteiger partial charge is 0.311 e. The average molecular weight is 515 g/mol. The molecule has 0 bridgehead atoms. The Labute approximate surface area is 228 Å². The molecule has 1 amide bonds. The van der Waals surface area contributed by atoms with Gasteiger partial charge in [0.05, 0.1) is 13.0 Å². The fraction of sp³-hybridized carbons (Fsp3) is 0.176. The highest BCUT2D eigenvalue weighted by Gasteiger charge is 2.65. The van der Waals surface area contributed by atoms with Crippen molar-refractivity contribution in [3.63, 3.8) is 0 Å². The molecule has 1 fully saturated rings. The van der Waals surface area contributed by atoms with Crippen LogP contribution in [0, 0.1) is 5.92 Å². The van der Waals surface area contributed by atoms with E-state index < -0.39 is 17.4 Å². The van der Waals surface area contributed by atoms with Crippen molar-refractivity contribution in [3.8, 4) is 0 Å². The van der Waals surface area contributed by atoms with E-state index in [1.165, 1.54) is 7.11 Å². The second-order valence-corrected chi connectivity index (χ2v) is 10.1. The third-order valence-corrected chi connectivity index (χ3v) is 8.03. The van der Waals surface area contributed by atoms with Gasteiger partial charge >= 0.3 is 5.97 Å². The second-order valence-electron chi connectivity index (χ2n) is 10.1. The first-order valence-electron chi connectivity index (χ1n) is 13.2. The maximum Gasteiger partial charge on any atom is 0.311 e. The topological polar surface area (TPSA) is 58.6 Å². The van der Waals surface area contributed by atoms with E-state index in [-0.39, 0.29) is 11.9 Å². The number of fused-ring (bicyclic) bond motifs is 2. The molecule has 5 nitrogen and oxygen atoms in total. The molecule has 0 radical (unpaired) electrons. The fourth-order valence-electron chi connectivity index (χ4n) is 6.30. The van der Waals surface area contributed by atoms with E-state index in [0.717, 1.165) is 33.5 Å². The summed E-state index contributed by atoms with van der Waals surface area (Å²) in [6, 6.07) is 37.9. The van der Waals surface area contributed by atoms with Crippen molar-refractivity contribution in [3.05, 3.63) is 144 Å². The molecule has 2 aliphatic rings. The maximum absolute atomic E-state index is 14.2. The molecule has 4 aromatic rings. The molecule has 2 aliphatic heterocycles. The zero-order valence-corrected chi connectivity index (χ0v) is 21.8. The summed E-state index contributed by atoms with van der Waals surface area (Å²) in [5.41, 5.74) is 4.66. The number of hydrogen-bond donors (Lipinski definition) is 1. The summed E-state index contributed by atoms with van der Waals surface area (Å²) in [5.74, 6) is -1.22. The van der Waals surface area contributed by atoms with Crippen LogP contribution in [0.4, 0.5) is 5.69 Å². The Kier molecular flexibility index (Phi) is 6.59. The Morgan fingerprint density at radius 2 is 1.44 bits per heavy atom. The minimum atomic E-state index is -1.15. The van der Waals surface area contributed by atoms with Crippen LogP contribution in [0.2, 0.25) is 0 Å². The highest BCUT2D eigenvalue weighted by Crippen LogP contribution is 2.53. The lowest BCUT2D eigenvalue weighted by atomic mass is 9.68. The van der Waals surface area contributed by atoms with Gasteiger partial charge in [-0.15, -0.1) is 0 Å². The first-order chi connectivity index (χ1) is 19.1. The molecule has 1 spiro atoms. The van der Waals surface area contributed by atoms with E-state index in [1.54, 1.807) is 0 Å². The summed E-state index contributed by atoms with van der Waals surface area (Å²) >= 11 is 0. The number of ether oxygens (including phenoxy) is 1. The lowest BCUT2D eigenvalue weighted by Crippen LogP contribution is -2.51. The first kappa shape index (κ1) is 24.8. The van der Waals surface area contributed by atoms with Crippen molar-refractivity contribution in [2.24, 2.45) is 5.92 Å². The van der Waals surface area contributed by atoms with Gasteiger partial charge in [-0.05, 0) is 33.9 Å². The summed E-state index contributed by atoms with van der Waals surface area (Å²) in [7, 11) is 1.40. The van der Waals surface area contributed by atoms with Crippen molar-refractivity contribution >= 4 is 23.1 Å². The molecule has 0 unspecified atom stereocenters. The summed E-state index contributed by atoms with van der Waals surface area (Å²) < 4.78 is 5.34.